The molecule has 4 heteroatoms. The van der Waals surface area contributed by atoms with Crippen molar-refractivity contribution >= 4 is 11.6 Å². The second kappa shape index (κ2) is 7.07. The van der Waals surface area contributed by atoms with Gasteiger partial charge in [-0.3, -0.25) is 10.1 Å². The predicted octanol–water partition coefficient (Wildman–Crippen LogP) is 2.48. The molecule has 0 saturated heterocycles. The largest absolute Gasteiger partial charge is 0.324 e. The van der Waals surface area contributed by atoms with Crippen LogP contribution in [0.15, 0.2) is 60.7 Å². The number of rotatable bonds is 5. The minimum Gasteiger partial charge on any atom is -0.324 e. The molecule has 2 N–H and O–H groups in total. The first-order valence-electron chi connectivity index (χ1n) is 6.32. The number of hydrogen-bond donors (Lipinski definition) is 2. The minimum absolute atomic E-state index is 0.113. The number of hydrogen-bond acceptors (Lipinski definition) is 3. The van der Waals surface area contributed by atoms with Crippen LogP contribution >= 0.6 is 0 Å². The van der Waals surface area contributed by atoms with Crippen LogP contribution in [0.25, 0.3) is 0 Å². The van der Waals surface area contributed by atoms with E-state index in [2.05, 4.69) is 10.6 Å². The summed E-state index contributed by atoms with van der Waals surface area (Å²) in [5.74, 6) is -0.183. The van der Waals surface area contributed by atoms with Gasteiger partial charge >= 0.3 is 0 Å². The van der Waals surface area contributed by atoms with E-state index in [0.29, 0.717) is 0 Å². The third kappa shape index (κ3) is 3.67. The van der Waals surface area contributed by atoms with Crippen molar-refractivity contribution in [3.05, 3.63) is 66.2 Å². The van der Waals surface area contributed by atoms with Crippen LogP contribution in [0.2, 0.25) is 0 Å². The average Bonchev–Trinajstić information content (AvgIpc) is 2.50. The number of benzene rings is 2. The van der Waals surface area contributed by atoms with Crippen LogP contribution in [0.1, 0.15) is 11.6 Å². The molecule has 0 aliphatic heterocycles. The van der Waals surface area contributed by atoms with Gasteiger partial charge < -0.3 is 5.32 Å². The summed E-state index contributed by atoms with van der Waals surface area (Å²) in [7, 11) is 0. The van der Waals surface area contributed by atoms with Crippen molar-refractivity contribution in [1.29, 1.82) is 5.26 Å². The Bertz CT molecular complexity index is 590. The van der Waals surface area contributed by atoms with E-state index in [0.717, 1.165) is 11.3 Å². The maximum atomic E-state index is 12.3. The molecule has 4 nitrogen and oxygen atoms in total. The highest BCUT2D eigenvalue weighted by molar-refractivity contribution is 5.95. The van der Waals surface area contributed by atoms with E-state index < -0.39 is 6.04 Å². The number of carbonyl (C=O) groups is 1. The zero-order valence-electron chi connectivity index (χ0n) is 10.9. The van der Waals surface area contributed by atoms with Gasteiger partial charge in [-0.15, -0.1) is 0 Å². The van der Waals surface area contributed by atoms with Gasteiger partial charge in [-0.1, -0.05) is 48.5 Å². The van der Waals surface area contributed by atoms with Gasteiger partial charge in [0.25, 0.3) is 0 Å². The quantitative estimate of drug-likeness (QED) is 0.816. The molecule has 0 unspecified atom stereocenters. The third-order valence-corrected chi connectivity index (χ3v) is 2.82. The van der Waals surface area contributed by atoms with Crippen LogP contribution in [0.3, 0.4) is 0 Å². The molecule has 0 bridgehead atoms. The molecule has 0 aromatic heterocycles. The molecule has 0 saturated carbocycles. The van der Waals surface area contributed by atoms with E-state index in [1.54, 1.807) is 0 Å². The SMILES string of the molecule is N#CCN[C@@H](C(=O)Nc1ccccc1)c1ccccc1. The number of nitriles is 1. The first kappa shape index (κ1) is 13.8. The highest BCUT2D eigenvalue weighted by atomic mass is 16.2. The molecule has 2 rings (SSSR count). The number of para-hydroxylation sites is 1. The molecule has 0 spiro atoms. The number of anilines is 1. The highest BCUT2D eigenvalue weighted by Crippen LogP contribution is 2.15. The van der Waals surface area contributed by atoms with Crippen LogP contribution < -0.4 is 10.6 Å². The van der Waals surface area contributed by atoms with Crippen LogP contribution in [-0.2, 0) is 4.79 Å². The number of carbonyl (C=O) groups excluding carboxylic acids is 1. The Morgan fingerprint density at radius 1 is 1.05 bits per heavy atom. The molecule has 20 heavy (non-hydrogen) atoms. The minimum atomic E-state index is -0.545. The van der Waals surface area contributed by atoms with Crippen molar-refractivity contribution in [2.24, 2.45) is 0 Å². The molecule has 100 valence electrons. The maximum absolute atomic E-state index is 12.3. The molecule has 0 aliphatic carbocycles. The molecule has 1 amide bonds. The lowest BCUT2D eigenvalue weighted by Gasteiger charge is -2.17. The van der Waals surface area contributed by atoms with Gasteiger partial charge in [-0.05, 0) is 17.7 Å². The van der Waals surface area contributed by atoms with Crippen molar-refractivity contribution in [2.75, 3.05) is 11.9 Å². The molecule has 0 radical (unpaired) electrons. The van der Waals surface area contributed by atoms with Gasteiger partial charge in [0, 0.05) is 5.69 Å². The van der Waals surface area contributed by atoms with E-state index in [4.69, 9.17) is 5.26 Å². The summed E-state index contributed by atoms with van der Waals surface area (Å²) in [6.07, 6.45) is 0. The zero-order chi connectivity index (χ0) is 14.2. The molecule has 0 heterocycles. The molecular formula is C16H15N3O. The fourth-order valence-electron chi connectivity index (χ4n) is 1.89. The summed E-state index contributed by atoms with van der Waals surface area (Å²) in [6.45, 7) is 0.113. The predicted molar refractivity (Wildman–Crippen MR) is 77.9 cm³/mol. The summed E-state index contributed by atoms with van der Waals surface area (Å²) in [5.41, 5.74) is 1.56. The number of nitrogens with one attached hydrogen (secondary N) is 2. The van der Waals surface area contributed by atoms with E-state index in [9.17, 15) is 4.79 Å². The van der Waals surface area contributed by atoms with Crippen LogP contribution in [0.5, 0.6) is 0 Å². The van der Waals surface area contributed by atoms with Crippen LogP contribution in [-0.4, -0.2) is 12.5 Å². The lowest BCUT2D eigenvalue weighted by molar-refractivity contribution is -0.118. The Labute approximate surface area is 118 Å². The average molecular weight is 265 g/mol. The van der Waals surface area contributed by atoms with Crippen molar-refractivity contribution in [3.63, 3.8) is 0 Å². The summed E-state index contributed by atoms with van der Waals surface area (Å²) >= 11 is 0. The summed E-state index contributed by atoms with van der Waals surface area (Å²) in [4.78, 5) is 12.3. The Morgan fingerprint density at radius 3 is 2.25 bits per heavy atom. The molecular weight excluding hydrogens is 250 g/mol. The Balaban J connectivity index is 2.14. The third-order valence-electron chi connectivity index (χ3n) is 2.82. The normalized spacial score (nSPS) is 11.3. The molecule has 2 aromatic rings. The fourth-order valence-corrected chi connectivity index (χ4v) is 1.89. The smallest absolute Gasteiger partial charge is 0.246 e. The number of amides is 1. The first-order valence-corrected chi connectivity index (χ1v) is 6.32. The van der Waals surface area contributed by atoms with Gasteiger partial charge in [0.1, 0.15) is 6.04 Å². The standard InChI is InChI=1S/C16H15N3O/c17-11-12-18-15(13-7-3-1-4-8-13)16(20)19-14-9-5-2-6-10-14/h1-10,15,18H,12H2,(H,19,20)/t15-/m1/s1. The lowest BCUT2D eigenvalue weighted by Crippen LogP contribution is -2.33. The van der Waals surface area contributed by atoms with Crippen LogP contribution in [0, 0.1) is 11.3 Å². The van der Waals surface area contributed by atoms with Crippen molar-refractivity contribution in [3.8, 4) is 6.07 Å². The topological polar surface area (TPSA) is 64.9 Å². The second-order valence-corrected chi connectivity index (χ2v) is 4.24. The first-order chi connectivity index (χ1) is 9.81. The summed E-state index contributed by atoms with van der Waals surface area (Å²) in [5, 5.41) is 14.5. The summed E-state index contributed by atoms with van der Waals surface area (Å²) in [6, 6.07) is 20.0. The lowest BCUT2D eigenvalue weighted by atomic mass is 10.1. The molecule has 0 fully saturated rings. The van der Waals surface area contributed by atoms with Gasteiger partial charge in [0.2, 0.25) is 5.91 Å². The summed E-state index contributed by atoms with van der Waals surface area (Å²) < 4.78 is 0. The Morgan fingerprint density at radius 2 is 1.65 bits per heavy atom. The van der Waals surface area contributed by atoms with Crippen molar-refractivity contribution in [2.45, 2.75) is 6.04 Å². The van der Waals surface area contributed by atoms with Gasteiger partial charge in [0.15, 0.2) is 0 Å². The maximum Gasteiger partial charge on any atom is 0.246 e. The van der Waals surface area contributed by atoms with Gasteiger partial charge in [0.05, 0.1) is 12.6 Å². The molecule has 2 aromatic carbocycles. The Kier molecular flexibility index (Phi) is 4.87. The van der Waals surface area contributed by atoms with E-state index >= 15 is 0 Å². The van der Waals surface area contributed by atoms with Crippen LogP contribution in [0.4, 0.5) is 5.69 Å². The fraction of sp³-hybridized carbons (Fsp3) is 0.125. The highest BCUT2D eigenvalue weighted by Gasteiger charge is 2.19. The van der Waals surface area contributed by atoms with Crippen molar-refractivity contribution in [1.82, 2.24) is 5.32 Å². The number of nitrogens with zero attached hydrogens (tertiary/aromatic N) is 1. The van der Waals surface area contributed by atoms with Gasteiger partial charge in [-0.25, -0.2) is 0 Å². The molecule has 1 atom stereocenters. The van der Waals surface area contributed by atoms with Crippen molar-refractivity contribution < 1.29 is 4.79 Å². The zero-order valence-corrected chi connectivity index (χ0v) is 10.9. The molecule has 0 aliphatic rings. The second-order valence-electron chi connectivity index (χ2n) is 4.24. The van der Waals surface area contributed by atoms with E-state index in [1.807, 2.05) is 66.7 Å². The van der Waals surface area contributed by atoms with Gasteiger partial charge in [-0.2, -0.15) is 5.26 Å². The monoisotopic (exact) mass is 265 g/mol. The van der Waals surface area contributed by atoms with E-state index in [-0.39, 0.29) is 12.5 Å². The van der Waals surface area contributed by atoms with E-state index in [1.165, 1.54) is 0 Å². The Hall–Kier alpha value is -2.64.